The molecule has 0 radical (unpaired) electrons. The topological polar surface area (TPSA) is 58.6 Å². The van der Waals surface area contributed by atoms with Crippen molar-refractivity contribution in [3.8, 4) is 0 Å². The molecule has 5 nitrogen and oxygen atoms in total. The molecule has 122 valence electrons. The number of nitrogens with one attached hydrogen (secondary N) is 1. The van der Waals surface area contributed by atoms with Gasteiger partial charge in [0.1, 0.15) is 4.90 Å². The van der Waals surface area contributed by atoms with Crippen LogP contribution in [0.1, 0.15) is 13.3 Å². The SMILES string of the molecule is C[C@@H]1CN2C[C@H](NS(=O)(=O)c3cc(Cl)ccc3Cl)C[C@H]2CO1. The molecule has 3 rings (SSSR count). The summed E-state index contributed by atoms with van der Waals surface area (Å²) in [4.78, 5) is 2.30. The summed E-state index contributed by atoms with van der Waals surface area (Å²) >= 11 is 11.9. The lowest BCUT2D eigenvalue weighted by Crippen LogP contribution is -2.45. The number of morpholine rings is 1. The van der Waals surface area contributed by atoms with E-state index in [4.69, 9.17) is 27.9 Å². The molecule has 0 saturated carbocycles. The number of fused-ring (bicyclic) bond motifs is 1. The van der Waals surface area contributed by atoms with Crippen LogP contribution in [0.15, 0.2) is 23.1 Å². The summed E-state index contributed by atoms with van der Waals surface area (Å²) in [6, 6.07) is 4.57. The second-order valence-electron chi connectivity index (χ2n) is 5.88. The molecule has 0 unspecified atom stereocenters. The van der Waals surface area contributed by atoms with Crippen LogP contribution in [0.2, 0.25) is 10.0 Å². The van der Waals surface area contributed by atoms with Crippen molar-refractivity contribution in [2.24, 2.45) is 0 Å². The van der Waals surface area contributed by atoms with E-state index in [0.717, 1.165) is 13.0 Å². The third-order valence-electron chi connectivity index (χ3n) is 4.10. The summed E-state index contributed by atoms with van der Waals surface area (Å²) in [6.07, 6.45) is 0.929. The highest BCUT2D eigenvalue weighted by atomic mass is 35.5. The maximum atomic E-state index is 12.5. The average molecular weight is 365 g/mol. The van der Waals surface area contributed by atoms with Gasteiger partial charge in [-0.2, -0.15) is 0 Å². The van der Waals surface area contributed by atoms with E-state index in [9.17, 15) is 8.42 Å². The predicted octanol–water partition coefficient (Wildman–Crippen LogP) is 2.13. The standard InChI is InChI=1S/C14H18Cl2N2O3S/c1-9-6-18-7-11(5-12(18)8-21-9)17-22(19,20)14-4-10(15)2-3-13(14)16/h2-4,9,11-12,17H,5-8H2,1H3/t9-,11-,12+/m1/s1. The van der Waals surface area contributed by atoms with Gasteiger partial charge in [-0.3, -0.25) is 4.90 Å². The van der Waals surface area contributed by atoms with Gasteiger partial charge in [-0.1, -0.05) is 23.2 Å². The van der Waals surface area contributed by atoms with Crippen LogP contribution < -0.4 is 4.72 Å². The average Bonchev–Trinajstić information content (AvgIpc) is 2.81. The molecular weight excluding hydrogens is 347 g/mol. The molecule has 3 atom stereocenters. The van der Waals surface area contributed by atoms with E-state index in [0.29, 0.717) is 18.2 Å². The quantitative estimate of drug-likeness (QED) is 0.892. The summed E-state index contributed by atoms with van der Waals surface area (Å²) in [6.45, 7) is 4.20. The minimum Gasteiger partial charge on any atom is -0.376 e. The molecule has 2 aliphatic heterocycles. The molecule has 22 heavy (non-hydrogen) atoms. The first-order valence-corrected chi connectivity index (χ1v) is 9.42. The van der Waals surface area contributed by atoms with Crippen LogP contribution in [0.25, 0.3) is 0 Å². The molecule has 0 aliphatic carbocycles. The summed E-state index contributed by atoms with van der Waals surface area (Å²) in [5.74, 6) is 0. The third-order valence-corrected chi connectivity index (χ3v) is 6.33. The molecule has 2 heterocycles. The molecule has 1 N–H and O–H groups in total. The number of rotatable bonds is 3. The van der Waals surface area contributed by atoms with Crippen LogP contribution in [0.3, 0.4) is 0 Å². The van der Waals surface area contributed by atoms with E-state index in [1.54, 1.807) is 6.07 Å². The first-order valence-electron chi connectivity index (χ1n) is 7.18. The molecule has 2 fully saturated rings. The van der Waals surface area contributed by atoms with E-state index in [2.05, 4.69) is 9.62 Å². The number of halogens is 2. The van der Waals surface area contributed by atoms with Crippen LogP contribution >= 0.6 is 23.2 Å². The Hall–Kier alpha value is -0.370. The molecule has 1 aromatic rings. The summed E-state index contributed by atoms with van der Waals surface area (Å²) < 4.78 is 33.4. The number of hydrogen-bond acceptors (Lipinski definition) is 4. The van der Waals surface area contributed by atoms with E-state index in [1.165, 1.54) is 12.1 Å². The minimum atomic E-state index is -3.69. The first kappa shape index (κ1) is 16.5. The lowest BCUT2D eigenvalue weighted by atomic mass is 10.2. The van der Waals surface area contributed by atoms with Gasteiger partial charge in [-0.05, 0) is 31.5 Å². The Morgan fingerprint density at radius 2 is 2.09 bits per heavy atom. The van der Waals surface area contributed by atoms with Crippen molar-refractivity contribution in [3.05, 3.63) is 28.2 Å². The zero-order valence-corrected chi connectivity index (χ0v) is 14.5. The number of nitrogens with zero attached hydrogens (tertiary/aromatic N) is 1. The Morgan fingerprint density at radius 1 is 1.32 bits per heavy atom. The lowest BCUT2D eigenvalue weighted by Gasteiger charge is -2.33. The van der Waals surface area contributed by atoms with Gasteiger partial charge in [0, 0.05) is 30.2 Å². The van der Waals surface area contributed by atoms with Crippen molar-refractivity contribution in [1.82, 2.24) is 9.62 Å². The fourth-order valence-electron chi connectivity index (χ4n) is 3.09. The molecule has 0 bridgehead atoms. The summed E-state index contributed by atoms with van der Waals surface area (Å²) in [5, 5.41) is 0.514. The van der Waals surface area contributed by atoms with Crippen LogP contribution in [-0.2, 0) is 14.8 Å². The number of ether oxygens (including phenoxy) is 1. The number of benzene rings is 1. The van der Waals surface area contributed by atoms with Crippen molar-refractivity contribution in [3.63, 3.8) is 0 Å². The number of hydrogen-bond donors (Lipinski definition) is 1. The first-order chi connectivity index (χ1) is 10.3. The molecule has 0 amide bonds. The van der Waals surface area contributed by atoms with E-state index in [1.807, 2.05) is 6.92 Å². The largest absolute Gasteiger partial charge is 0.376 e. The third kappa shape index (κ3) is 3.42. The fourth-order valence-corrected chi connectivity index (χ4v) is 5.09. The Bertz CT molecular complexity index is 668. The van der Waals surface area contributed by atoms with Gasteiger partial charge in [0.05, 0.1) is 17.7 Å². The second-order valence-corrected chi connectivity index (χ2v) is 8.41. The smallest absolute Gasteiger partial charge is 0.242 e. The Labute approximate surface area is 140 Å². The van der Waals surface area contributed by atoms with E-state index in [-0.39, 0.29) is 28.1 Å². The number of sulfonamides is 1. The zero-order valence-electron chi connectivity index (χ0n) is 12.1. The van der Waals surface area contributed by atoms with Crippen LogP contribution in [0, 0.1) is 0 Å². The Morgan fingerprint density at radius 3 is 2.86 bits per heavy atom. The summed E-state index contributed by atoms with van der Waals surface area (Å²) in [7, 11) is -3.69. The van der Waals surface area contributed by atoms with Gasteiger partial charge in [0.15, 0.2) is 0 Å². The van der Waals surface area contributed by atoms with Gasteiger partial charge < -0.3 is 4.74 Å². The Balaban J connectivity index is 1.74. The molecule has 8 heteroatoms. The maximum Gasteiger partial charge on any atom is 0.242 e. The molecule has 0 spiro atoms. The van der Waals surface area contributed by atoms with Gasteiger partial charge in [-0.15, -0.1) is 0 Å². The van der Waals surface area contributed by atoms with Gasteiger partial charge in [0.2, 0.25) is 10.0 Å². The molecule has 2 saturated heterocycles. The van der Waals surface area contributed by atoms with Crippen molar-refractivity contribution in [2.75, 3.05) is 19.7 Å². The fraction of sp³-hybridized carbons (Fsp3) is 0.571. The highest BCUT2D eigenvalue weighted by molar-refractivity contribution is 7.89. The molecule has 1 aromatic carbocycles. The lowest BCUT2D eigenvalue weighted by molar-refractivity contribution is -0.0390. The van der Waals surface area contributed by atoms with Gasteiger partial charge >= 0.3 is 0 Å². The Kier molecular flexibility index (Phi) is 4.69. The van der Waals surface area contributed by atoms with Gasteiger partial charge in [-0.25, -0.2) is 13.1 Å². The van der Waals surface area contributed by atoms with Crippen LogP contribution in [0.4, 0.5) is 0 Å². The van der Waals surface area contributed by atoms with Crippen molar-refractivity contribution in [2.45, 2.75) is 36.4 Å². The predicted molar refractivity (Wildman–Crippen MR) is 86.0 cm³/mol. The van der Waals surface area contributed by atoms with E-state index >= 15 is 0 Å². The van der Waals surface area contributed by atoms with Gasteiger partial charge in [0.25, 0.3) is 0 Å². The highest BCUT2D eigenvalue weighted by Crippen LogP contribution is 2.27. The van der Waals surface area contributed by atoms with Crippen molar-refractivity contribution >= 4 is 33.2 Å². The minimum absolute atomic E-state index is 0.0242. The molecular formula is C14H18Cl2N2O3S. The maximum absolute atomic E-state index is 12.5. The summed E-state index contributed by atoms with van der Waals surface area (Å²) in [5.41, 5.74) is 0. The van der Waals surface area contributed by atoms with E-state index < -0.39 is 10.0 Å². The zero-order chi connectivity index (χ0) is 15.9. The highest BCUT2D eigenvalue weighted by Gasteiger charge is 2.38. The van der Waals surface area contributed by atoms with Crippen molar-refractivity contribution < 1.29 is 13.2 Å². The monoisotopic (exact) mass is 364 g/mol. The molecule has 2 aliphatic rings. The molecule has 0 aromatic heterocycles. The second kappa shape index (κ2) is 6.26. The van der Waals surface area contributed by atoms with Crippen molar-refractivity contribution in [1.29, 1.82) is 0 Å². The normalized spacial score (nSPS) is 29.5. The van der Waals surface area contributed by atoms with Crippen LogP contribution in [-0.4, -0.2) is 51.2 Å². The van der Waals surface area contributed by atoms with Crippen LogP contribution in [0.5, 0.6) is 0 Å².